The van der Waals surface area contributed by atoms with Crippen molar-refractivity contribution in [2.75, 3.05) is 5.32 Å². The number of nitrogens with zero attached hydrogens (tertiary/aromatic N) is 3. The van der Waals surface area contributed by atoms with Gasteiger partial charge >= 0.3 is 0 Å². The highest BCUT2D eigenvalue weighted by Crippen LogP contribution is 2.24. The molecule has 5 heteroatoms. The van der Waals surface area contributed by atoms with E-state index in [2.05, 4.69) is 20.5 Å². The van der Waals surface area contributed by atoms with Crippen molar-refractivity contribution in [2.24, 2.45) is 5.18 Å². The van der Waals surface area contributed by atoms with Gasteiger partial charge in [-0.15, -0.1) is 4.91 Å². The molecule has 3 aromatic rings. The third-order valence-electron chi connectivity index (χ3n) is 3.09. The lowest BCUT2D eigenvalue weighted by molar-refractivity contribution is 1.24. The fourth-order valence-corrected chi connectivity index (χ4v) is 1.99. The van der Waals surface area contributed by atoms with Crippen molar-refractivity contribution >= 4 is 28.0 Å². The fraction of sp³-hybridized carbons (Fsp3) is 0.0667. The van der Waals surface area contributed by atoms with Gasteiger partial charge in [0.1, 0.15) is 11.5 Å². The molecule has 0 radical (unpaired) electrons. The molecule has 0 spiro atoms. The number of benzene rings is 1. The Kier molecular flexibility index (Phi) is 3.09. The standard InChI is InChI=1S/C15H12N4O/c1-10-8-17-15(7-14(10)19-20)18-13-3-2-12-9-16-5-4-11(12)6-13/h2-9H,1H3,(H,17,18). The van der Waals surface area contributed by atoms with Crippen LogP contribution in [0.5, 0.6) is 0 Å². The quantitative estimate of drug-likeness (QED) is 0.724. The van der Waals surface area contributed by atoms with E-state index in [1.165, 1.54) is 0 Å². The second-order valence-electron chi connectivity index (χ2n) is 4.51. The summed E-state index contributed by atoms with van der Waals surface area (Å²) in [6.45, 7) is 1.80. The largest absolute Gasteiger partial charge is 0.340 e. The molecule has 0 unspecified atom stereocenters. The summed E-state index contributed by atoms with van der Waals surface area (Å²) in [5.41, 5.74) is 2.06. The number of fused-ring (bicyclic) bond motifs is 1. The maximum absolute atomic E-state index is 10.7. The van der Waals surface area contributed by atoms with Gasteiger partial charge < -0.3 is 5.32 Å². The third kappa shape index (κ3) is 2.33. The Bertz CT molecular complexity index is 786. The molecule has 5 nitrogen and oxygen atoms in total. The van der Waals surface area contributed by atoms with E-state index in [1.54, 1.807) is 25.4 Å². The zero-order valence-corrected chi connectivity index (χ0v) is 10.9. The summed E-state index contributed by atoms with van der Waals surface area (Å²) in [5, 5.41) is 8.31. The Balaban J connectivity index is 1.94. The van der Waals surface area contributed by atoms with Gasteiger partial charge in [-0.2, -0.15) is 0 Å². The topological polar surface area (TPSA) is 67.2 Å². The van der Waals surface area contributed by atoms with Gasteiger partial charge in [0.15, 0.2) is 0 Å². The summed E-state index contributed by atoms with van der Waals surface area (Å²) in [4.78, 5) is 19.0. The molecule has 1 aromatic carbocycles. The molecule has 3 rings (SSSR count). The lowest BCUT2D eigenvalue weighted by Crippen LogP contribution is -1.93. The van der Waals surface area contributed by atoms with E-state index >= 15 is 0 Å². The summed E-state index contributed by atoms with van der Waals surface area (Å²) in [7, 11) is 0. The van der Waals surface area contributed by atoms with Gasteiger partial charge in [0, 0.05) is 35.7 Å². The monoisotopic (exact) mass is 264 g/mol. The zero-order valence-electron chi connectivity index (χ0n) is 10.9. The summed E-state index contributed by atoms with van der Waals surface area (Å²) in [6.07, 6.45) is 5.20. The zero-order chi connectivity index (χ0) is 13.9. The van der Waals surface area contributed by atoms with Gasteiger partial charge in [0.2, 0.25) is 0 Å². The summed E-state index contributed by atoms with van der Waals surface area (Å²) in [5.74, 6) is 0.596. The van der Waals surface area contributed by atoms with Crippen LogP contribution in [0.3, 0.4) is 0 Å². The minimum absolute atomic E-state index is 0.396. The van der Waals surface area contributed by atoms with Gasteiger partial charge in [-0.1, -0.05) is 6.07 Å². The maximum Gasteiger partial charge on any atom is 0.132 e. The van der Waals surface area contributed by atoms with Gasteiger partial charge in [0.25, 0.3) is 0 Å². The van der Waals surface area contributed by atoms with Crippen LogP contribution in [0.2, 0.25) is 0 Å². The fourth-order valence-electron chi connectivity index (χ4n) is 1.99. The lowest BCUT2D eigenvalue weighted by Gasteiger charge is -2.07. The average Bonchev–Trinajstić information content (AvgIpc) is 2.49. The third-order valence-corrected chi connectivity index (χ3v) is 3.09. The van der Waals surface area contributed by atoms with E-state index in [9.17, 15) is 4.91 Å². The van der Waals surface area contributed by atoms with Crippen LogP contribution in [0.15, 0.2) is 54.1 Å². The van der Waals surface area contributed by atoms with Crippen LogP contribution in [-0.4, -0.2) is 9.97 Å². The summed E-state index contributed by atoms with van der Waals surface area (Å²) >= 11 is 0. The highest BCUT2D eigenvalue weighted by atomic mass is 16.3. The minimum atomic E-state index is 0.396. The van der Waals surface area contributed by atoms with Gasteiger partial charge in [-0.25, -0.2) is 4.98 Å². The first-order valence-electron chi connectivity index (χ1n) is 6.17. The lowest BCUT2D eigenvalue weighted by atomic mass is 10.1. The molecule has 2 aromatic heterocycles. The SMILES string of the molecule is Cc1cnc(Nc2ccc3cnccc3c2)cc1N=O. The first kappa shape index (κ1) is 12.2. The number of anilines is 2. The molecule has 0 aliphatic carbocycles. The summed E-state index contributed by atoms with van der Waals surface area (Å²) < 4.78 is 0. The first-order valence-corrected chi connectivity index (χ1v) is 6.17. The van der Waals surface area contributed by atoms with Crippen LogP contribution in [0.25, 0.3) is 10.8 Å². The second-order valence-corrected chi connectivity index (χ2v) is 4.51. The smallest absolute Gasteiger partial charge is 0.132 e. The Morgan fingerprint density at radius 3 is 2.85 bits per heavy atom. The molecule has 0 atom stereocenters. The van der Waals surface area contributed by atoms with Crippen LogP contribution in [0.4, 0.5) is 17.2 Å². The predicted octanol–water partition coefficient (Wildman–Crippen LogP) is 4.08. The minimum Gasteiger partial charge on any atom is -0.340 e. The van der Waals surface area contributed by atoms with E-state index in [0.29, 0.717) is 11.5 Å². The number of rotatable bonds is 3. The number of nitroso groups, excluding NO2 is 1. The average molecular weight is 264 g/mol. The molecular formula is C15H12N4O. The number of pyridine rings is 2. The molecule has 0 amide bonds. The van der Waals surface area contributed by atoms with Crippen molar-refractivity contribution < 1.29 is 0 Å². The van der Waals surface area contributed by atoms with E-state index in [4.69, 9.17) is 0 Å². The van der Waals surface area contributed by atoms with Crippen LogP contribution in [-0.2, 0) is 0 Å². The Hall–Kier alpha value is -2.82. The van der Waals surface area contributed by atoms with Gasteiger partial charge in [-0.05, 0) is 41.2 Å². The van der Waals surface area contributed by atoms with Crippen LogP contribution in [0, 0.1) is 11.8 Å². The molecule has 0 saturated carbocycles. The molecule has 0 aliphatic rings. The van der Waals surface area contributed by atoms with Crippen LogP contribution >= 0.6 is 0 Å². The number of hydrogen-bond donors (Lipinski definition) is 1. The van der Waals surface area contributed by atoms with Gasteiger partial charge in [-0.3, -0.25) is 4.98 Å². The number of aryl methyl sites for hydroxylation is 1. The van der Waals surface area contributed by atoms with Crippen molar-refractivity contribution in [2.45, 2.75) is 6.92 Å². The number of aromatic nitrogens is 2. The predicted molar refractivity (Wildman–Crippen MR) is 79.5 cm³/mol. The Labute approximate surface area is 115 Å². The maximum atomic E-state index is 10.7. The highest BCUT2D eigenvalue weighted by Gasteiger charge is 2.03. The molecule has 2 heterocycles. The molecule has 0 aliphatic heterocycles. The van der Waals surface area contributed by atoms with Gasteiger partial charge in [0.05, 0.1) is 0 Å². The highest BCUT2D eigenvalue weighted by molar-refractivity contribution is 5.85. The molecule has 0 bridgehead atoms. The Morgan fingerprint density at radius 1 is 1.10 bits per heavy atom. The molecule has 20 heavy (non-hydrogen) atoms. The molecule has 0 saturated heterocycles. The summed E-state index contributed by atoms with van der Waals surface area (Å²) in [6, 6.07) is 9.52. The van der Waals surface area contributed by atoms with Crippen LogP contribution < -0.4 is 5.32 Å². The van der Waals surface area contributed by atoms with Crippen molar-refractivity contribution in [3.8, 4) is 0 Å². The molecule has 98 valence electrons. The number of nitrogens with one attached hydrogen (secondary N) is 1. The molecule has 0 fully saturated rings. The van der Waals surface area contributed by atoms with Crippen molar-refractivity contribution in [3.63, 3.8) is 0 Å². The first-order chi connectivity index (χ1) is 9.76. The molecule has 1 N–H and O–H groups in total. The second kappa shape index (κ2) is 5.05. The number of hydrogen-bond acceptors (Lipinski definition) is 5. The molecular weight excluding hydrogens is 252 g/mol. The van der Waals surface area contributed by atoms with E-state index in [-0.39, 0.29) is 0 Å². The van der Waals surface area contributed by atoms with Crippen molar-refractivity contribution in [1.82, 2.24) is 9.97 Å². The Morgan fingerprint density at radius 2 is 2.00 bits per heavy atom. The van der Waals surface area contributed by atoms with Crippen LogP contribution in [0.1, 0.15) is 5.56 Å². The van der Waals surface area contributed by atoms with E-state index in [1.807, 2.05) is 30.5 Å². The van der Waals surface area contributed by atoms with Crippen molar-refractivity contribution in [1.29, 1.82) is 0 Å². The van der Waals surface area contributed by atoms with Crippen molar-refractivity contribution in [3.05, 3.63) is 59.4 Å². The van der Waals surface area contributed by atoms with E-state index in [0.717, 1.165) is 22.0 Å². The van der Waals surface area contributed by atoms with E-state index < -0.39 is 0 Å². The normalized spacial score (nSPS) is 10.4.